The minimum Gasteiger partial charge on any atom is -0.497 e. The average molecular weight is 355 g/mol. The van der Waals surface area contributed by atoms with Gasteiger partial charge >= 0.3 is 5.97 Å². The number of carbonyl (C=O) groups excluding carboxylic acids is 1. The van der Waals surface area contributed by atoms with Crippen molar-refractivity contribution >= 4 is 11.9 Å². The smallest absolute Gasteiger partial charge is 0.326 e. The van der Waals surface area contributed by atoms with Gasteiger partial charge < -0.3 is 19.5 Å². The number of hydrogen-bond donors (Lipinski definition) is 1. The third-order valence-electron chi connectivity index (χ3n) is 4.72. The minimum absolute atomic E-state index is 0.329. The van der Waals surface area contributed by atoms with Gasteiger partial charge in [0.1, 0.15) is 17.5 Å². The number of benzene rings is 2. The lowest BCUT2D eigenvalue weighted by atomic mass is 10.0. The van der Waals surface area contributed by atoms with Crippen LogP contribution in [0.2, 0.25) is 0 Å². The fourth-order valence-electron chi connectivity index (χ4n) is 3.49. The van der Waals surface area contributed by atoms with Crippen molar-refractivity contribution in [2.75, 3.05) is 14.2 Å². The highest BCUT2D eigenvalue weighted by atomic mass is 16.5. The zero-order valence-corrected chi connectivity index (χ0v) is 14.7. The number of carboxylic acids is 1. The zero-order valence-electron chi connectivity index (χ0n) is 14.7. The van der Waals surface area contributed by atoms with E-state index in [0.29, 0.717) is 29.9 Å². The molecule has 136 valence electrons. The van der Waals surface area contributed by atoms with Gasteiger partial charge in [0.25, 0.3) is 5.91 Å². The summed E-state index contributed by atoms with van der Waals surface area (Å²) in [5.74, 6) is -0.133. The molecule has 0 spiro atoms. The molecular formula is C20H21NO5. The Morgan fingerprint density at radius 3 is 2.50 bits per heavy atom. The summed E-state index contributed by atoms with van der Waals surface area (Å²) >= 11 is 0. The van der Waals surface area contributed by atoms with E-state index in [1.165, 1.54) is 12.0 Å². The number of para-hydroxylation sites is 1. The summed E-state index contributed by atoms with van der Waals surface area (Å²) in [5, 5.41) is 9.62. The van der Waals surface area contributed by atoms with Gasteiger partial charge in [-0.25, -0.2) is 4.79 Å². The molecule has 1 N–H and O–H groups in total. The molecular weight excluding hydrogens is 334 g/mol. The molecule has 26 heavy (non-hydrogen) atoms. The predicted molar refractivity (Wildman–Crippen MR) is 95.6 cm³/mol. The van der Waals surface area contributed by atoms with Crippen LogP contribution in [0, 0.1) is 0 Å². The molecule has 0 aliphatic carbocycles. The Hall–Kier alpha value is -3.02. The van der Waals surface area contributed by atoms with Crippen molar-refractivity contribution in [3.05, 3.63) is 59.7 Å². The van der Waals surface area contributed by atoms with Crippen LogP contribution in [-0.4, -0.2) is 42.1 Å². The second kappa shape index (κ2) is 7.47. The highest BCUT2D eigenvalue weighted by molar-refractivity contribution is 5.97. The first-order valence-corrected chi connectivity index (χ1v) is 8.39. The molecule has 2 atom stereocenters. The quantitative estimate of drug-likeness (QED) is 0.892. The van der Waals surface area contributed by atoms with Gasteiger partial charge in [-0.1, -0.05) is 24.3 Å². The second-order valence-electron chi connectivity index (χ2n) is 6.13. The second-order valence-corrected chi connectivity index (χ2v) is 6.13. The summed E-state index contributed by atoms with van der Waals surface area (Å²) in [4.78, 5) is 26.4. The monoisotopic (exact) mass is 355 g/mol. The molecule has 0 radical (unpaired) electrons. The van der Waals surface area contributed by atoms with Gasteiger partial charge in [0.15, 0.2) is 0 Å². The van der Waals surface area contributed by atoms with Crippen LogP contribution in [0.3, 0.4) is 0 Å². The van der Waals surface area contributed by atoms with Crippen LogP contribution in [0.5, 0.6) is 11.5 Å². The van der Waals surface area contributed by atoms with E-state index in [1.807, 2.05) is 24.3 Å². The van der Waals surface area contributed by atoms with E-state index in [-0.39, 0.29) is 11.9 Å². The molecule has 2 unspecified atom stereocenters. The van der Waals surface area contributed by atoms with Crippen LogP contribution in [0.15, 0.2) is 48.5 Å². The van der Waals surface area contributed by atoms with Crippen molar-refractivity contribution in [2.24, 2.45) is 0 Å². The molecule has 6 nitrogen and oxygen atoms in total. The van der Waals surface area contributed by atoms with E-state index in [9.17, 15) is 14.7 Å². The number of ether oxygens (including phenoxy) is 2. The molecule has 1 aliphatic heterocycles. The van der Waals surface area contributed by atoms with Gasteiger partial charge in [-0.15, -0.1) is 0 Å². The Bertz CT molecular complexity index is 819. The Balaban J connectivity index is 2.02. The zero-order chi connectivity index (χ0) is 18.7. The first kappa shape index (κ1) is 17.8. The molecule has 1 fully saturated rings. The summed E-state index contributed by atoms with van der Waals surface area (Å²) in [7, 11) is 3.09. The average Bonchev–Trinajstić information content (AvgIpc) is 3.12. The molecule has 0 aromatic heterocycles. The number of aliphatic carboxylic acids is 1. The Morgan fingerprint density at radius 2 is 1.81 bits per heavy atom. The maximum absolute atomic E-state index is 13.2. The number of carbonyl (C=O) groups is 2. The molecule has 2 aromatic carbocycles. The minimum atomic E-state index is -1.00. The van der Waals surface area contributed by atoms with Crippen molar-refractivity contribution < 1.29 is 24.2 Å². The number of nitrogens with zero attached hydrogens (tertiary/aromatic N) is 1. The maximum Gasteiger partial charge on any atom is 0.326 e. The van der Waals surface area contributed by atoms with E-state index < -0.39 is 12.0 Å². The molecule has 3 rings (SSSR count). The molecule has 1 saturated heterocycles. The fraction of sp³-hybridized carbons (Fsp3) is 0.300. The third kappa shape index (κ3) is 3.22. The van der Waals surface area contributed by atoms with Crippen molar-refractivity contribution in [2.45, 2.75) is 24.9 Å². The highest BCUT2D eigenvalue weighted by Gasteiger charge is 2.42. The third-order valence-corrected chi connectivity index (χ3v) is 4.72. The Labute approximate surface area is 152 Å². The molecule has 2 aromatic rings. The van der Waals surface area contributed by atoms with Gasteiger partial charge in [-0.3, -0.25) is 4.79 Å². The standard InChI is InChI=1S/C20H21NO5/c1-25-14-7-5-6-13(12-14)19(22)21-16(10-11-17(21)20(23)24)15-8-3-4-9-18(15)26-2/h3-9,12,16-17H,10-11H2,1-2H3,(H,23,24). The first-order chi connectivity index (χ1) is 12.6. The summed E-state index contributed by atoms with van der Waals surface area (Å²) in [6, 6.07) is 12.9. The van der Waals surface area contributed by atoms with Crippen LogP contribution in [0.1, 0.15) is 34.8 Å². The van der Waals surface area contributed by atoms with E-state index >= 15 is 0 Å². The van der Waals surface area contributed by atoms with E-state index in [0.717, 1.165) is 5.56 Å². The van der Waals surface area contributed by atoms with Gasteiger partial charge in [0.05, 0.1) is 20.3 Å². The summed E-state index contributed by atoms with van der Waals surface area (Å²) < 4.78 is 10.6. The van der Waals surface area contributed by atoms with E-state index in [1.54, 1.807) is 31.4 Å². The Morgan fingerprint density at radius 1 is 1.04 bits per heavy atom. The number of rotatable bonds is 5. The van der Waals surface area contributed by atoms with Crippen molar-refractivity contribution in [3.63, 3.8) is 0 Å². The lowest BCUT2D eigenvalue weighted by Gasteiger charge is -2.29. The number of methoxy groups -OCH3 is 2. The summed E-state index contributed by atoms with van der Waals surface area (Å²) in [6.45, 7) is 0. The van der Waals surface area contributed by atoms with Gasteiger partial charge in [-0.2, -0.15) is 0 Å². The van der Waals surface area contributed by atoms with Crippen molar-refractivity contribution in [3.8, 4) is 11.5 Å². The predicted octanol–water partition coefficient (Wildman–Crippen LogP) is 3.13. The topological polar surface area (TPSA) is 76.1 Å². The van der Waals surface area contributed by atoms with Crippen LogP contribution in [-0.2, 0) is 4.79 Å². The molecule has 1 amide bonds. The maximum atomic E-state index is 13.2. The molecule has 6 heteroatoms. The van der Waals surface area contributed by atoms with Crippen LogP contribution < -0.4 is 9.47 Å². The van der Waals surface area contributed by atoms with Crippen molar-refractivity contribution in [1.82, 2.24) is 4.90 Å². The molecule has 1 aliphatic rings. The number of hydrogen-bond acceptors (Lipinski definition) is 4. The highest BCUT2D eigenvalue weighted by Crippen LogP contribution is 2.41. The molecule has 1 heterocycles. The summed E-state index contributed by atoms with van der Waals surface area (Å²) in [6.07, 6.45) is 0.959. The first-order valence-electron chi connectivity index (χ1n) is 8.39. The van der Waals surface area contributed by atoms with Crippen LogP contribution in [0.4, 0.5) is 0 Å². The normalized spacial score (nSPS) is 19.2. The Kier molecular flexibility index (Phi) is 5.11. The van der Waals surface area contributed by atoms with Crippen LogP contribution >= 0.6 is 0 Å². The largest absolute Gasteiger partial charge is 0.497 e. The molecule has 0 saturated carbocycles. The lowest BCUT2D eigenvalue weighted by molar-refractivity contribution is -0.141. The lowest BCUT2D eigenvalue weighted by Crippen LogP contribution is -2.41. The van der Waals surface area contributed by atoms with Gasteiger partial charge in [0, 0.05) is 11.1 Å². The summed E-state index contributed by atoms with van der Waals surface area (Å²) in [5.41, 5.74) is 1.22. The van der Waals surface area contributed by atoms with Gasteiger partial charge in [0.2, 0.25) is 0 Å². The van der Waals surface area contributed by atoms with Crippen molar-refractivity contribution in [1.29, 1.82) is 0 Å². The number of likely N-dealkylation sites (tertiary alicyclic amines) is 1. The molecule has 0 bridgehead atoms. The fourth-order valence-corrected chi connectivity index (χ4v) is 3.49. The van der Waals surface area contributed by atoms with Gasteiger partial charge in [-0.05, 0) is 37.1 Å². The number of carboxylic acid groups (broad SMARTS) is 1. The van der Waals surface area contributed by atoms with E-state index in [4.69, 9.17) is 9.47 Å². The number of amides is 1. The SMILES string of the molecule is COc1cccc(C(=O)N2C(C(=O)O)CCC2c2ccccc2OC)c1. The van der Waals surface area contributed by atoms with E-state index in [2.05, 4.69) is 0 Å². The van der Waals surface area contributed by atoms with Crippen LogP contribution in [0.25, 0.3) is 0 Å².